The number of amides is 2. The molecular formula is C28H32N2O10. The fourth-order valence-corrected chi connectivity index (χ4v) is 3.67. The van der Waals surface area contributed by atoms with Crippen LogP contribution < -0.4 is 24.3 Å². The highest BCUT2D eigenvalue weighted by molar-refractivity contribution is 5.99. The van der Waals surface area contributed by atoms with Crippen LogP contribution >= 0.6 is 0 Å². The monoisotopic (exact) mass is 556 g/mol. The summed E-state index contributed by atoms with van der Waals surface area (Å²) >= 11 is 0. The summed E-state index contributed by atoms with van der Waals surface area (Å²) in [6, 6.07) is 8.67. The molecule has 0 fully saturated rings. The zero-order valence-electron chi connectivity index (χ0n) is 23.0. The van der Waals surface area contributed by atoms with Crippen LogP contribution in [0.5, 0.6) is 23.0 Å². The molecule has 214 valence electrons. The topological polar surface area (TPSA) is 155 Å². The average Bonchev–Trinajstić information content (AvgIpc) is 2.86. The minimum absolute atomic E-state index is 0.0104. The van der Waals surface area contributed by atoms with Gasteiger partial charge in [0.15, 0.2) is 23.0 Å². The maximum atomic E-state index is 13.4. The Hall–Kier alpha value is -4.74. The van der Waals surface area contributed by atoms with E-state index >= 15 is 0 Å². The van der Waals surface area contributed by atoms with Crippen LogP contribution in [0.2, 0.25) is 0 Å². The molecule has 0 unspecified atom stereocenters. The van der Waals surface area contributed by atoms with Crippen molar-refractivity contribution < 1.29 is 47.7 Å². The number of esters is 4. The lowest BCUT2D eigenvalue weighted by Crippen LogP contribution is -2.35. The SMILES string of the molecule is CCCN(CCCNC(=O)c1cccc(OC(C)=O)c1OC(C)=O)C(=O)c1cccc(OC(C)=O)c1OC(C)=O. The summed E-state index contributed by atoms with van der Waals surface area (Å²) in [6.07, 6.45) is 0.968. The third kappa shape index (κ3) is 9.22. The van der Waals surface area contributed by atoms with Gasteiger partial charge in [-0.25, -0.2) is 0 Å². The van der Waals surface area contributed by atoms with Gasteiger partial charge in [0, 0.05) is 47.3 Å². The summed E-state index contributed by atoms with van der Waals surface area (Å²) in [5.41, 5.74) is 0.0310. The standard InChI is InChI=1S/C28H32N2O10/c1-6-15-30(28(36)22-11-8-13-24(38-18(3)32)26(22)40-20(5)34)16-9-14-29-27(35)21-10-7-12-23(37-17(2)31)25(21)39-19(4)33/h7-8,10-13H,6,9,14-16H2,1-5H3,(H,29,35). The Morgan fingerprint density at radius 2 is 1.15 bits per heavy atom. The molecule has 0 bridgehead atoms. The third-order valence-corrected chi connectivity index (χ3v) is 5.10. The molecule has 0 saturated heterocycles. The van der Waals surface area contributed by atoms with Crippen LogP contribution in [0, 0.1) is 0 Å². The smallest absolute Gasteiger partial charge is 0.308 e. The predicted molar refractivity (Wildman–Crippen MR) is 141 cm³/mol. The molecule has 2 rings (SSSR count). The molecule has 2 aromatic rings. The Bertz CT molecular complexity index is 1290. The summed E-state index contributed by atoms with van der Waals surface area (Å²) in [5.74, 6) is -4.19. The van der Waals surface area contributed by atoms with Gasteiger partial charge >= 0.3 is 23.9 Å². The first kappa shape index (κ1) is 31.5. The van der Waals surface area contributed by atoms with Gasteiger partial charge in [-0.3, -0.25) is 28.8 Å². The Morgan fingerprint density at radius 3 is 1.62 bits per heavy atom. The van der Waals surface area contributed by atoms with Gasteiger partial charge in [0.2, 0.25) is 0 Å². The van der Waals surface area contributed by atoms with E-state index in [1.165, 1.54) is 62.1 Å². The lowest BCUT2D eigenvalue weighted by molar-refractivity contribution is -0.134. The summed E-state index contributed by atoms with van der Waals surface area (Å²) in [6.45, 7) is 7.31. The maximum absolute atomic E-state index is 13.4. The van der Waals surface area contributed by atoms with Gasteiger partial charge in [-0.1, -0.05) is 19.1 Å². The Balaban J connectivity index is 2.17. The van der Waals surface area contributed by atoms with Gasteiger partial charge in [0.05, 0.1) is 11.1 Å². The van der Waals surface area contributed by atoms with Crippen LogP contribution in [0.1, 0.15) is 68.2 Å². The first-order valence-electron chi connectivity index (χ1n) is 12.5. The second-order valence-electron chi connectivity index (χ2n) is 8.54. The van der Waals surface area contributed by atoms with Gasteiger partial charge in [0.1, 0.15) is 0 Å². The predicted octanol–water partition coefficient (Wildman–Crippen LogP) is 3.06. The number of benzene rings is 2. The molecule has 1 N–H and O–H groups in total. The largest absolute Gasteiger partial charge is 0.423 e. The van der Waals surface area contributed by atoms with E-state index in [2.05, 4.69) is 5.32 Å². The number of hydrogen-bond acceptors (Lipinski definition) is 10. The fraction of sp³-hybridized carbons (Fsp3) is 0.357. The molecule has 0 radical (unpaired) electrons. The van der Waals surface area contributed by atoms with Crippen LogP contribution in [0.25, 0.3) is 0 Å². The molecule has 2 amide bonds. The van der Waals surface area contributed by atoms with Gasteiger partial charge < -0.3 is 29.2 Å². The van der Waals surface area contributed by atoms with Crippen molar-refractivity contribution in [2.75, 3.05) is 19.6 Å². The molecule has 0 spiro atoms. The molecule has 0 saturated carbocycles. The number of nitrogens with one attached hydrogen (secondary N) is 1. The first-order valence-corrected chi connectivity index (χ1v) is 12.5. The first-order chi connectivity index (χ1) is 18.9. The normalized spacial score (nSPS) is 10.2. The molecule has 0 aromatic heterocycles. The van der Waals surface area contributed by atoms with Crippen molar-refractivity contribution in [3.63, 3.8) is 0 Å². The van der Waals surface area contributed by atoms with Gasteiger partial charge in [-0.05, 0) is 37.1 Å². The number of rotatable bonds is 12. The highest BCUT2D eigenvalue weighted by Crippen LogP contribution is 2.33. The number of para-hydroxylation sites is 2. The molecule has 0 atom stereocenters. The van der Waals surface area contributed by atoms with Gasteiger partial charge in [0.25, 0.3) is 11.8 Å². The van der Waals surface area contributed by atoms with E-state index in [0.29, 0.717) is 19.4 Å². The van der Waals surface area contributed by atoms with E-state index in [1.54, 1.807) is 0 Å². The summed E-state index contributed by atoms with van der Waals surface area (Å²) in [5, 5.41) is 2.70. The van der Waals surface area contributed by atoms with Crippen LogP contribution in [-0.4, -0.2) is 60.2 Å². The summed E-state index contributed by atoms with van der Waals surface area (Å²) in [7, 11) is 0. The summed E-state index contributed by atoms with van der Waals surface area (Å²) < 4.78 is 20.5. The van der Waals surface area contributed by atoms with Crippen LogP contribution in [0.4, 0.5) is 0 Å². The van der Waals surface area contributed by atoms with E-state index in [0.717, 1.165) is 6.92 Å². The zero-order chi connectivity index (χ0) is 29.8. The van der Waals surface area contributed by atoms with Crippen LogP contribution in [0.3, 0.4) is 0 Å². The Kier molecular flexibility index (Phi) is 11.8. The molecular weight excluding hydrogens is 524 g/mol. The molecule has 12 heteroatoms. The number of nitrogens with zero attached hydrogens (tertiary/aromatic N) is 1. The second-order valence-corrected chi connectivity index (χ2v) is 8.54. The molecule has 0 aliphatic rings. The summed E-state index contributed by atoms with van der Waals surface area (Å²) in [4.78, 5) is 74.0. The van der Waals surface area contributed by atoms with Crippen molar-refractivity contribution in [1.29, 1.82) is 0 Å². The number of carbonyl (C=O) groups excluding carboxylic acids is 6. The van der Waals surface area contributed by atoms with E-state index in [1.807, 2.05) is 6.92 Å². The molecule has 0 heterocycles. The number of ether oxygens (including phenoxy) is 4. The van der Waals surface area contributed by atoms with Gasteiger partial charge in [-0.2, -0.15) is 0 Å². The zero-order valence-corrected chi connectivity index (χ0v) is 23.0. The third-order valence-electron chi connectivity index (χ3n) is 5.10. The van der Waals surface area contributed by atoms with Crippen LogP contribution in [0.15, 0.2) is 36.4 Å². The van der Waals surface area contributed by atoms with Crippen molar-refractivity contribution in [1.82, 2.24) is 10.2 Å². The highest BCUT2D eigenvalue weighted by atomic mass is 16.6. The average molecular weight is 557 g/mol. The molecule has 40 heavy (non-hydrogen) atoms. The van der Waals surface area contributed by atoms with Crippen molar-refractivity contribution >= 4 is 35.7 Å². The minimum Gasteiger partial charge on any atom is -0.423 e. The molecule has 2 aromatic carbocycles. The van der Waals surface area contributed by atoms with Crippen LogP contribution in [-0.2, 0) is 19.2 Å². The van der Waals surface area contributed by atoms with Gasteiger partial charge in [-0.15, -0.1) is 0 Å². The van der Waals surface area contributed by atoms with E-state index in [9.17, 15) is 28.8 Å². The lowest BCUT2D eigenvalue weighted by Gasteiger charge is -2.24. The van der Waals surface area contributed by atoms with Crippen molar-refractivity contribution in [3.05, 3.63) is 47.5 Å². The van der Waals surface area contributed by atoms with E-state index in [-0.39, 0.29) is 47.2 Å². The minimum atomic E-state index is -0.701. The Labute approximate surface area is 231 Å². The van der Waals surface area contributed by atoms with Crippen molar-refractivity contribution in [2.45, 2.75) is 47.5 Å². The lowest BCUT2D eigenvalue weighted by atomic mass is 10.1. The maximum Gasteiger partial charge on any atom is 0.308 e. The van der Waals surface area contributed by atoms with Crippen molar-refractivity contribution in [2.24, 2.45) is 0 Å². The number of hydrogen-bond donors (Lipinski definition) is 1. The van der Waals surface area contributed by atoms with E-state index in [4.69, 9.17) is 18.9 Å². The molecule has 0 aliphatic carbocycles. The fourth-order valence-electron chi connectivity index (χ4n) is 3.67. The number of carbonyl (C=O) groups is 6. The quantitative estimate of drug-likeness (QED) is 0.234. The molecule has 0 aliphatic heterocycles. The second kappa shape index (κ2) is 15.0. The van der Waals surface area contributed by atoms with E-state index < -0.39 is 35.7 Å². The van der Waals surface area contributed by atoms with Crippen molar-refractivity contribution in [3.8, 4) is 23.0 Å². The highest BCUT2D eigenvalue weighted by Gasteiger charge is 2.24. The Morgan fingerprint density at radius 1 is 0.675 bits per heavy atom. The molecule has 12 nitrogen and oxygen atoms in total.